The van der Waals surface area contributed by atoms with Crippen LogP contribution < -0.4 is 4.90 Å². The number of anilines is 1. The van der Waals surface area contributed by atoms with Crippen molar-refractivity contribution in [2.45, 2.75) is 32.2 Å². The highest BCUT2D eigenvalue weighted by Gasteiger charge is 2.48. The van der Waals surface area contributed by atoms with Crippen molar-refractivity contribution in [3.8, 4) is 0 Å². The first-order chi connectivity index (χ1) is 16.6. The molecule has 1 amide bonds. The summed E-state index contributed by atoms with van der Waals surface area (Å²) in [6.45, 7) is 6.30. The molecule has 5 rings (SSSR count). The van der Waals surface area contributed by atoms with Crippen molar-refractivity contribution >= 4 is 44.1 Å². The third-order valence-corrected chi connectivity index (χ3v) is 7.15. The standard InChI is InChI=1S/C28H23FN2O3S/c1-28(2,3)18-11-9-16(10-12-18)23-22(24(32)17-7-5-4-6-8-17)25(33)26(34)31(23)27-30-20-14-13-19(29)15-21(20)35-27/h4-15,23,32H,1-3H3/b24-22+/t23-/m1/s1. The van der Waals surface area contributed by atoms with Gasteiger partial charge in [0.05, 0.1) is 21.8 Å². The Morgan fingerprint density at radius 1 is 1.00 bits per heavy atom. The molecule has 0 spiro atoms. The van der Waals surface area contributed by atoms with Crippen LogP contribution in [0.15, 0.2) is 78.4 Å². The number of thiazole rings is 1. The molecule has 0 radical (unpaired) electrons. The number of rotatable bonds is 3. The van der Waals surface area contributed by atoms with Gasteiger partial charge in [0.25, 0.3) is 5.78 Å². The maximum atomic E-state index is 13.8. The number of halogens is 1. The first-order valence-electron chi connectivity index (χ1n) is 11.2. The number of hydrogen-bond acceptors (Lipinski definition) is 5. The summed E-state index contributed by atoms with van der Waals surface area (Å²) in [4.78, 5) is 32.5. The SMILES string of the molecule is CC(C)(C)c1ccc([C@@H]2/C(=C(\O)c3ccccc3)C(=O)C(=O)N2c2nc3ccc(F)cc3s2)cc1. The van der Waals surface area contributed by atoms with Gasteiger partial charge in [-0.15, -0.1) is 0 Å². The number of amides is 1. The lowest BCUT2D eigenvalue weighted by atomic mass is 9.85. The maximum Gasteiger partial charge on any atom is 0.301 e. The molecule has 1 atom stereocenters. The number of aliphatic hydroxyl groups is 1. The van der Waals surface area contributed by atoms with Crippen LogP contribution >= 0.6 is 11.3 Å². The van der Waals surface area contributed by atoms with Gasteiger partial charge in [0.15, 0.2) is 5.13 Å². The number of Topliss-reactive ketones (excluding diaryl/α,β-unsaturated/α-hetero) is 1. The molecule has 0 aliphatic carbocycles. The van der Waals surface area contributed by atoms with Crippen molar-refractivity contribution in [1.82, 2.24) is 4.98 Å². The Morgan fingerprint density at radius 3 is 2.34 bits per heavy atom. The molecule has 2 heterocycles. The van der Waals surface area contributed by atoms with E-state index in [1.165, 1.54) is 17.0 Å². The zero-order chi connectivity index (χ0) is 24.9. The summed E-state index contributed by atoms with van der Waals surface area (Å²) in [6, 6.07) is 19.7. The van der Waals surface area contributed by atoms with Gasteiger partial charge in [-0.05, 0) is 34.7 Å². The molecule has 35 heavy (non-hydrogen) atoms. The first-order valence-corrected chi connectivity index (χ1v) is 12.0. The lowest BCUT2D eigenvalue weighted by Crippen LogP contribution is -2.29. The Kier molecular flexibility index (Phi) is 5.52. The van der Waals surface area contributed by atoms with E-state index in [-0.39, 0.29) is 21.9 Å². The molecule has 0 saturated carbocycles. The molecule has 1 saturated heterocycles. The van der Waals surface area contributed by atoms with E-state index in [4.69, 9.17) is 0 Å². The van der Waals surface area contributed by atoms with Crippen molar-refractivity contribution in [2.24, 2.45) is 0 Å². The second-order valence-electron chi connectivity index (χ2n) is 9.52. The van der Waals surface area contributed by atoms with Gasteiger partial charge in [-0.2, -0.15) is 0 Å². The van der Waals surface area contributed by atoms with E-state index in [0.29, 0.717) is 21.3 Å². The van der Waals surface area contributed by atoms with Crippen molar-refractivity contribution in [2.75, 3.05) is 4.90 Å². The van der Waals surface area contributed by atoms with Crippen molar-refractivity contribution in [1.29, 1.82) is 0 Å². The van der Waals surface area contributed by atoms with E-state index in [1.807, 2.05) is 24.3 Å². The third kappa shape index (κ3) is 4.02. The van der Waals surface area contributed by atoms with Gasteiger partial charge < -0.3 is 5.11 Å². The highest BCUT2D eigenvalue weighted by atomic mass is 32.1. The number of benzene rings is 3. The number of ketones is 1. The fourth-order valence-electron chi connectivity index (χ4n) is 4.25. The number of hydrogen-bond donors (Lipinski definition) is 1. The van der Waals surface area contributed by atoms with E-state index < -0.39 is 23.5 Å². The second kappa shape index (κ2) is 8.43. The van der Waals surface area contributed by atoms with Crippen LogP contribution in [-0.4, -0.2) is 21.8 Å². The largest absolute Gasteiger partial charge is 0.507 e. The summed E-state index contributed by atoms with van der Waals surface area (Å²) in [6.07, 6.45) is 0. The Labute approximate surface area is 206 Å². The van der Waals surface area contributed by atoms with E-state index in [1.54, 1.807) is 36.4 Å². The number of carbonyl (C=O) groups excluding carboxylic acids is 2. The maximum absolute atomic E-state index is 13.8. The second-order valence-corrected chi connectivity index (χ2v) is 10.5. The van der Waals surface area contributed by atoms with Crippen LogP contribution in [0.2, 0.25) is 0 Å². The van der Waals surface area contributed by atoms with Gasteiger partial charge in [-0.3, -0.25) is 14.5 Å². The summed E-state index contributed by atoms with van der Waals surface area (Å²) in [5.41, 5.74) is 2.64. The topological polar surface area (TPSA) is 70.5 Å². The monoisotopic (exact) mass is 486 g/mol. The lowest BCUT2D eigenvalue weighted by molar-refractivity contribution is -0.132. The molecule has 1 aliphatic heterocycles. The van der Waals surface area contributed by atoms with Gasteiger partial charge in [0, 0.05) is 5.56 Å². The molecule has 1 N–H and O–H groups in total. The van der Waals surface area contributed by atoms with E-state index in [2.05, 4.69) is 25.8 Å². The first kappa shape index (κ1) is 22.9. The zero-order valence-electron chi connectivity index (χ0n) is 19.4. The molecule has 1 fully saturated rings. The Balaban J connectivity index is 1.72. The molecule has 0 bridgehead atoms. The fourth-order valence-corrected chi connectivity index (χ4v) is 5.27. The number of fused-ring (bicyclic) bond motifs is 1. The van der Waals surface area contributed by atoms with Crippen LogP contribution in [0.1, 0.15) is 43.5 Å². The number of carbonyl (C=O) groups is 2. The number of aromatic nitrogens is 1. The van der Waals surface area contributed by atoms with Gasteiger partial charge >= 0.3 is 5.91 Å². The molecule has 176 valence electrons. The number of nitrogens with zero attached hydrogens (tertiary/aromatic N) is 2. The van der Waals surface area contributed by atoms with Crippen molar-refractivity contribution in [3.63, 3.8) is 0 Å². The van der Waals surface area contributed by atoms with E-state index in [9.17, 15) is 19.1 Å². The average molecular weight is 487 g/mol. The predicted octanol–water partition coefficient (Wildman–Crippen LogP) is 6.36. The molecular formula is C28H23FN2O3S. The summed E-state index contributed by atoms with van der Waals surface area (Å²) in [7, 11) is 0. The Morgan fingerprint density at radius 2 is 1.69 bits per heavy atom. The fraction of sp³-hybridized carbons (Fsp3) is 0.179. The van der Waals surface area contributed by atoms with Crippen LogP contribution in [-0.2, 0) is 15.0 Å². The molecular weight excluding hydrogens is 463 g/mol. The predicted molar refractivity (Wildman–Crippen MR) is 136 cm³/mol. The summed E-state index contributed by atoms with van der Waals surface area (Å²) in [5.74, 6) is -2.23. The van der Waals surface area contributed by atoms with Crippen LogP contribution in [0.4, 0.5) is 9.52 Å². The van der Waals surface area contributed by atoms with Gasteiger partial charge in [-0.1, -0.05) is 86.7 Å². The molecule has 3 aromatic carbocycles. The molecule has 4 aromatic rings. The van der Waals surface area contributed by atoms with E-state index >= 15 is 0 Å². The van der Waals surface area contributed by atoms with Crippen LogP contribution in [0.25, 0.3) is 16.0 Å². The van der Waals surface area contributed by atoms with Gasteiger partial charge in [-0.25, -0.2) is 9.37 Å². The smallest absolute Gasteiger partial charge is 0.301 e. The Hall–Kier alpha value is -3.84. The van der Waals surface area contributed by atoms with Crippen molar-refractivity contribution < 1.29 is 19.1 Å². The van der Waals surface area contributed by atoms with Crippen LogP contribution in [0, 0.1) is 5.82 Å². The molecule has 7 heteroatoms. The van der Waals surface area contributed by atoms with Gasteiger partial charge in [0.1, 0.15) is 11.6 Å². The zero-order valence-corrected chi connectivity index (χ0v) is 20.3. The third-order valence-electron chi connectivity index (χ3n) is 6.13. The number of aliphatic hydroxyl groups excluding tert-OH is 1. The highest BCUT2D eigenvalue weighted by Crippen LogP contribution is 2.44. The lowest BCUT2D eigenvalue weighted by Gasteiger charge is -2.24. The minimum Gasteiger partial charge on any atom is -0.507 e. The van der Waals surface area contributed by atoms with Crippen LogP contribution in [0.3, 0.4) is 0 Å². The molecule has 1 aromatic heterocycles. The van der Waals surface area contributed by atoms with Crippen LogP contribution in [0.5, 0.6) is 0 Å². The summed E-state index contributed by atoms with van der Waals surface area (Å²) >= 11 is 1.13. The highest BCUT2D eigenvalue weighted by molar-refractivity contribution is 7.22. The quantitative estimate of drug-likeness (QED) is 0.208. The van der Waals surface area contributed by atoms with E-state index in [0.717, 1.165) is 16.9 Å². The van der Waals surface area contributed by atoms with Crippen molar-refractivity contribution in [3.05, 3.63) is 101 Å². The van der Waals surface area contributed by atoms with Gasteiger partial charge in [0.2, 0.25) is 0 Å². The summed E-state index contributed by atoms with van der Waals surface area (Å²) in [5, 5.41) is 11.4. The summed E-state index contributed by atoms with van der Waals surface area (Å²) < 4.78 is 14.4. The normalized spacial score (nSPS) is 17.9. The molecule has 5 nitrogen and oxygen atoms in total. The minimum absolute atomic E-state index is 0.00450. The Bertz CT molecular complexity index is 1480. The molecule has 1 aliphatic rings. The minimum atomic E-state index is -0.880. The molecule has 0 unspecified atom stereocenters. The average Bonchev–Trinajstić information content (AvgIpc) is 3.36.